The maximum absolute atomic E-state index is 12.8. The molecule has 8 heteroatoms. The van der Waals surface area contributed by atoms with Crippen LogP contribution >= 0.6 is 0 Å². The van der Waals surface area contributed by atoms with Crippen molar-refractivity contribution in [3.05, 3.63) is 45.6 Å². The third-order valence-electron chi connectivity index (χ3n) is 4.92. The Bertz CT molecular complexity index is 899. The number of H-pyrrole nitrogens is 1. The van der Waals surface area contributed by atoms with E-state index < -0.39 is 0 Å². The summed E-state index contributed by atoms with van der Waals surface area (Å²) in [6.07, 6.45) is 1.02. The van der Waals surface area contributed by atoms with Gasteiger partial charge >= 0.3 is 0 Å². The van der Waals surface area contributed by atoms with E-state index in [4.69, 9.17) is 14.2 Å². The molecule has 1 aromatic carbocycles. The van der Waals surface area contributed by atoms with Crippen molar-refractivity contribution in [2.24, 2.45) is 0 Å². The fourth-order valence-corrected chi connectivity index (χ4v) is 3.56. The van der Waals surface area contributed by atoms with Crippen LogP contribution in [0.2, 0.25) is 0 Å². The minimum absolute atomic E-state index is 0.0123. The Morgan fingerprint density at radius 2 is 1.86 bits per heavy atom. The first-order chi connectivity index (χ1) is 13.4. The van der Waals surface area contributed by atoms with E-state index in [9.17, 15) is 9.59 Å². The number of ether oxygens (including phenoxy) is 3. The van der Waals surface area contributed by atoms with Crippen molar-refractivity contribution in [3.8, 4) is 17.2 Å². The molecule has 1 fully saturated rings. The van der Waals surface area contributed by atoms with Gasteiger partial charge < -0.3 is 24.1 Å². The molecular formula is C20H25N3O5. The number of carbonyl (C=O) groups is 1. The molecule has 1 aliphatic rings. The summed E-state index contributed by atoms with van der Waals surface area (Å²) in [5.41, 5.74) is 1.36. The van der Waals surface area contributed by atoms with Crippen LogP contribution < -0.4 is 19.8 Å². The maximum Gasteiger partial charge on any atom is 0.251 e. The van der Waals surface area contributed by atoms with Crippen LogP contribution in [-0.2, 0) is 11.2 Å². The number of aromatic amines is 1. The first-order valence-corrected chi connectivity index (χ1v) is 9.09. The lowest BCUT2D eigenvalue weighted by molar-refractivity contribution is -0.129. The number of hydrogen-bond acceptors (Lipinski definition) is 6. The molecule has 0 unspecified atom stereocenters. The van der Waals surface area contributed by atoms with E-state index in [1.807, 2.05) is 4.90 Å². The van der Waals surface area contributed by atoms with Gasteiger partial charge in [0.15, 0.2) is 11.5 Å². The number of nitrogens with zero attached hydrogens (tertiary/aromatic N) is 2. The molecule has 1 aromatic heterocycles. The zero-order valence-corrected chi connectivity index (χ0v) is 16.6. The molecule has 2 aromatic rings. The van der Waals surface area contributed by atoms with E-state index in [1.165, 1.54) is 6.07 Å². The van der Waals surface area contributed by atoms with Crippen molar-refractivity contribution < 1.29 is 19.0 Å². The van der Waals surface area contributed by atoms with E-state index in [1.54, 1.807) is 40.4 Å². The Hall–Kier alpha value is -3.03. The lowest BCUT2D eigenvalue weighted by atomic mass is 10.0. The van der Waals surface area contributed by atoms with Gasteiger partial charge in [-0.05, 0) is 31.0 Å². The van der Waals surface area contributed by atoms with Crippen LogP contribution in [0.3, 0.4) is 0 Å². The van der Waals surface area contributed by atoms with Gasteiger partial charge in [0.25, 0.3) is 5.56 Å². The van der Waals surface area contributed by atoms with E-state index in [-0.39, 0.29) is 23.8 Å². The second-order valence-corrected chi connectivity index (χ2v) is 6.79. The molecule has 1 atom stereocenters. The van der Waals surface area contributed by atoms with Crippen LogP contribution in [0.25, 0.3) is 0 Å². The highest BCUT2D eigenvalue weighted by Gasteiger charge is 2.29. The molecule has 0 bridgehead atoms. The Morgan fingerprint density at radius 1 is 1.18 bits per heavy atom. The molecule has 1 saturated heterocycles. The number of aromatic nitrogens is 2. The lowest BCUT2D eigenvalue weighted by Crippen LogP contribution is -2.30. The number of benzene rings is 1. The third-order valence-corrected chi connectivity index (χ3v) is 4.92. The number of hydrogen-bond donors (Lipinski definition) is 1. The predicted octanol–water partition coefficient (Wildman–Crippen LogP) is 1.66. The molecule has 2 heterocycles. The summed E-state index contributed by atoms with van der Waals surface area (Å²) in [6, 6.07) is 5.09. The van der Waals surface area contributed by atoms with Crippen LogP contribution in [0.5, 0.6) is 17.2 Å². The fourth-order valence-electron chi connectivity index (χ4n) is 3.56. The zero-order valence-electron chi connectivity index (χ0n) is 16.6. The van der Waals surface area contributed by atoms with Gasteiger partial charge in [-0.3, -0.25) is 9.59 Å². The molecule has 3 rings (SSSR count). The standard InChI is InChI=1S/C20H25N3O5/c1-12-21-15(10-18(24)22-12)14-5-6-23(11-14)19(25)9-13-7-16(26-2)20(28-4)17(8-13)27-3/h7-8,10,14H,5-6,9,11H2,1-4H3,(H,21,22,24)/t14-/m0/s1. The Morgan fingerprint density at radius 3 is 2.43 bits per heavy atom. The normalized spacial score (nSPS) is 16.1. The summed E-state index contributed by atoms with van der Waals surface area (Å²) in [5, 5.41) is 0. The first-order valence-electron chi connectivity index (χ1n) is 9.09. The van der Waals surface area contributed by atoms with Crippen molar-refractivity contribution in [1.82, 2.24) is 14.9 Å². The molecule has 0 saturated carbocycles. The molecule has 0 radical (unpaired) electrons. The maximum atomic E-state index is 12.8. The molecule has 0 aliphatic carbocycles. The summed E-state index contributed by atoms with van der Waals surface area (Å²) in [4.78, 5) is 33.4. The Labute approximate surface area is 163 Å². The van der Waals surface area contributed by atoms with Crippen LogP contribution in [0, 0.1) is 6.92 Å². The molecule has 1 amide bonds. The van der Waals surface area contributed by atoms with Crippen LogP contribution in [0.4, 0.5) is 0 Å². The topological polar surface area (TPSA) is 93.8 Å². The minimum atomic E-state index is -0.162. The number of nitrogens with one attached hydrogen (secondary N) is 1. The Kier molecular flexibility index (Phi) is 5.87. The van der Waals surface area contributed by atoms with E-state index in [2.05, 4.69) is 9.97 Å². The van der Waals surface area contributed by atoms with Gasteiger partial charge in [0, 0.05) is 25.1 Å². The number of likely N-dealkylation sites (tertiary alicyclic amines) is 1. The predicted molar refractivity (Wildman–Crippen MR) is 103 cm³/mol. The molecule has 8 nitrogen and oxygen atoms in total. The van der Waals surface area contributed by atoms with Crippen molar-refractivity contribution >= 4 is 5.91 Å². The van der Waals surface area contributed by atoms with Gasteiger partial charge in [-0.1, -0.05) is 0 Å². The van der Waals surface area contributed by atoms with Crippen LogP contribution in [0.1, 0.15) is 29.4 Å². The summed E-state index contributed by atoms with van der Waals surface area (Å²) in [7, 11) is 4.63. The van der Waals surface area contributed by atoms with Crippen LogP contribution in [0.15, 0.2) is 23.0 Å². The molecular weight excluding hydrogens is 362 g/mol. The van der Waals surface area contributed by atoms with E-state index in [0.29, 0.717) is 36.2 Å². The highest BCUT2D eigenvalue weighted by atomic mass is 16.5. The van der Waals surface area contributed by atoms with Crippen molar-refractivity contribution in [2.45, 2.75) is 25.7 Å². The molecule has 1 N–H and O–H groups in total. The minimum Gasteiger partial charge on any atom is -0.493 e. The highest BCUT2D eigenvalue weighted by molar-refractivity contribution is 5.79. The first kappa shape index (κ1) is 19.7. The van der Waals surface area contributed by atoms with E-state index in [0.717, 1.165) is 17.7 Å². The number of amides is 1. The number of rotatable bonds is 6. The number of methoxy groups -OCH3 is 3. The van der Waals surface area contributed by atoms with Crippen LogP contribution in [-0.4, -0.2) is 55.2 Å². The van der Waals surface area contributed by atoms with Gasteiger partial charge in [-0.2, -0.15) is 0 Å². The Balaban J connectivity index is 1.73. The third kappa shape index (κ3) is 4.11. The summed E-state index contributed by atoms with van der Waals surface area (Å²) < 4.78 is 16.0. The van der Waals surface area contributed by atoms with Gasteiger partial charge in [0.2, 0.25) is 11.7 Å². The monoisotopic (exact) mass is 387 g/mol. The number of aryl methyl sites for hydroxylation is 1. The average molecular weight is 387 g/mol. The molecule has 150 valence electrons. The molecule has 1 aliphatic heterocycles. The summed E-state index contributed by atoms with van der Waals surface area (Å²) in [6.45, 7) is 2.95. The quantitative estimate of drug-likeness (QED) is 0.810. The van der Waals surface area contributed by atoms with Crippen molar-refractivity contribution in [2.75, 3.05) is 34.4 Å². The number of carbonyl (C=O) groups excluding carboxylic acids is 1. The summed E-state index contributed by atoms with van der Waals surface area (Å²) in [5.74, 6) is 2.21. The average Bonchev–Trinajstić information content (AvgIpc) is 3.16. The second kappa shape index (κ2) is 8.33. The lowest BCUT2D eigenvalue weighted by Gasteiger charge is -2.18. The molecule has 0 spiro atoms. The summed E-state index contributed by atoms with van der Waals surface area (Å²) >= 11 is 0. The van der Waals surface area contributed by atoms with Gasteiger partial charge in [0.1, 0.15) is 5.82 Å². The van der Waals surface area contributed by atoms with E-state index >= 15 is 0 Å². The molecule has 28 heavy (non-hydrogen) atoms. The van der Waals surface area contributed by atoms with Gasteiger partial charge in [-0.25, -0.2) is 4.98 Å². The highest BCUT2D eigenvalue weighted by Crippen LogP contribution is 2.38. The SMILES string of the molecule is COc1cc(CC(=O)N2CC[C@H](c3cc(=O)[nH]c(C)n3)C2)cc(OC)c1OC. The van der Waals surface area contributed by atoms with Gasteiger partial charge in [0.05, 0.1) is 33.4 Å². The second-order valence-electron chi connectivity index (χ2n) is 6.79. The smallest absolute Gasteiger partial charge is 0.251 e. The van der Waals surface area contributed by atoms with Crippen molar-refractivity contribution in [3.63, 3.8) is 0 Å². The zero-order chi connectivity index (χ0) is 20.3. The van der Waals surface area contributed by atoms with Crippen molar-refractivity contribution in [1.29, 1.82) is 0 Å². The largest absolute Gasteiger partial charge is 0.493 e. The fraction of sp³-hybridized carbons (Fsp3) is 0.450. The van der Waals surface area contributed by atoms with Gasteiger partial charge in [-0.15, -0.1) is 0 Å².